The molecule has 0 radical (unpaired) electrons. The molecule has 1 aliphatic rings. The van der Waals surface area contributed by atoms with Gasteiger partial charge < -0.3 is 10.6 Å². The lowest BCUT2D eigenvalue weighted by Gasteiger charge is -2.14. The monoisotopic (exact) mass is 264 g/mol. The van der Waals surface area contributed by atoms with Gasteiger partial charge in [-0.3, -0.25) is 10.2 Å². The van der Waals surface area contributed by atoms with Gasteiger partial charge in [0.1, 0.15) is 10.9 Å². The molecule has 0 aromatic carbocycles. The summed E-state index contributed by atoms with van der Waals surface area (Å²) < 4.78 is 0. The highest BCUT2D eigenvalue weighted by Gasteiger charge is 2.18. The molecule has 18 heavy (non-hydrogen) atoms. The number of amidine groups is 1. The van der Waals surface area contributed by atoms with Gasteiger partial charge in [0.2, 0.25) is 5.91 Å². The van der Waals surface area contributed by atoms with Crippen molar-refractivity contribution in [2.75, 3.05) is 18.8 Å². The smallest absolute Gasteiger partial charge is 0.232 e. The molecule has 1 aliphatic heterocycles. The van der Waals surface area contributed by atoms with Gasteiger partial charge in [0.15, 0.2) is 0 Å². The summed E-state index contributed by atoms with van der Waals surface area (Å²) in [6, 6.07) is 3.49. The van der Waals surface area contributed by atoms with E-state index in [0.29, 0.717) is 16.3 Å². The summed E-state index contributed by atoms with van der Waals surface area (Å²) in [5, 5.41) is 8.11. The molecule has 1 amide bonds. The number of nitrogens with two attached hydrogens (primary N) is 1. The van der Waals surface area contributed by atoms with Gasteiger partial charge in [0.25, 0.3) is 0 Å². The standard InChI is InChI=1S/C12H16N4OS/c13-11(14)9-4-3-5-15-12(9)18-8-10(17)16-6-1-2-7-16/h3-5H,1-2,6-8H2,(H3,13,14). The van der Waals surface area contributed by atoms with Gasteiger partial charge in [-0.2, -0.15) is 0 Å². The van der Waals surface area contributed by atoms with Gasteiger partial charge in [-0.05, 0) is 25.0 Å². The van der Waals surface area contributed by atoms with Crippen LogP contribution < -0.4 is 5.73 Å². The first kappa shape index (κ1) is 12.9. The molecule has 1 aromatic heterocycles. The van der Waals surface area contributed by atoms with E-state index in [4.69, 9.17) is 11.1 Å². The molecule has 0 aliphatic carbocycles. The molecule has 1 saturated heterocycles. The van der Waals surface area contributed by atoms with Crippen LogP contribution in [0.3, 0.4) is 0 Å². The van der Waals surface area contributed by atoms with Crippen molar-refractivity contribution in [3.05, 3.63) is 23.9 Å². The van der Waals surface area contributed by atoms with Crippen LogP contribution in [0, 0.1) is 5.41 Å². The molecule has 1 fully saturated rings. The summed E-state index contributed by atoms with van der Waals surface area (Å²) in [5.74, 6) is 0.481. The van der Waals surface area contributed by atoms with Crippen LogP contribution in [-0.2, 0) is 4.79 Å². The number of nitrogens with zero attached hydrogens (tertiary/aromatic N) is 2. The maximum atomic E-state index is 11.9. The van der Waals surface area contributed by atoms with E-state index in [-0.39, 0.29) is 11.7 Å². The molecule has 0 spiro atoms. The molecule has 2 heterocycles. The molecule has 1 aromatic rings. The Morgan fingerprint density at radius 2 is 2.22 bits per heavy atom. The van der Waals surface area contributed by atoms with Crippen molar-refractivity contribution in [3.8, 4) is 0 Å². The van der Waals surface area contributed by atoms with E-state index in [0.717, 1.165) is 25.9 Å². The molecule has 0 bridgehead atoms. The second kappa shape index (κ2) is 5.86. The summed E-state index contributed by atoms with van der Waals surface area (Å²) in [4.78, 5) is 17.9. The van der Waals surface area contributed by atoms with Gasteiger partial charge >= 0.3 is 0 Å². The lowest BCUT2D eigenvalue weighted by Crippen LogP contribution is -2.29. The number of hydrogen-bond donors (Lipinski definition) is 2. The largest absolute Gasteiger partial charge is 0.384 e. The Morgan fingerprint density at radius 3 is 2.89 bits per heavy atom. The van der Waals surface area contributed by atoms with Crippen LogP contribution in [-0.4, -0.2) is 40.5 Å². The molecule has 0 unspecified atom stereocenters. The molecule has 96 valence electrons. The second-order valence-electron chi connectivity index (χ2n) is 4.15. The van der Waals surface area contributed by atoms with Crippen molar-refractivity contribution in [2.24, 2.45) is 5.73 Å². The Kier molecular flexibility index (Phi) is 4.19. The molecular formula is C12H16N4OS. The fraction of sp³-hybridized carbons (Fsp3) is 0.417. The van der Waals surface area contributed by atoms with E-state index < -0.39 is 0 Å². The van der Waals surface area contributed by atoms with E-state index in [1.807, 2.05) is 4.90 Å². The molecule has 3 N–H and O–H groups in total. The Hall–Kier alpha value is -1.56. The van der Waals surface area contributed by atoms with E-state index in [1.54, 1.807) is 18.3 Å². The number of thioether (sulfide) groups is 1. The van der Waals surface area contributed by atoms with E-state index in [1.165, 1.54) is 11.8 Å². The van der Waals surface area contributed by atoms with Crippen molar-refractivity contribution in [3.63, 3.8) is 0 Å². The zero-order chi connectivity index (χ0) is 13.0. The lowest BCUT2D eigenvalue weighted by molar-refractivity contribution is -0.127. The Bertz CT molecular complexity index is 457. The van der Waals surface area contributed by atoms with Gasteiger partial charge in [-0.1, -0.05) is 11.8 Å². The first-order valence-electron chi connectivity index (χ1n) is 5.88. The lowest BCUT2D eigenvalue weighted by atomic mass is 10.3. The average Bonchev–Trinajstić information content (AvgIpc) is 2.90. The zero-order valence-electron chi connectivity index (χ0n) is 10.1. The highest BCUT2D eigenvalue weighted by Crippen LogP contribution is 2.20. The predicted molar refractivity (Wildman–Crippen MR) is 71.8 cm³/mol. The first-order valence-corrected chi connectivity index (χ1v) is 6.87. The van der Waals surface area contributed by atoms with Crippen LogP contribution in [0.4, 0.5) is 0 Å². The minimum Gasteiger partial charge on any atom is -0.384 e. The normalized spacial score (nSPS) is 14.8. The number of hydrogen-bond acceptors (Lipinski definition) is 4. The highest BCUT2D eigenvalue weighted by atomic mass is 32.2. The number of nitrogens with one attached hydrogen (secondary N) is 1. The number of likely N-dealkylation sites (tertiary alicyclic amines) is 1. The zero-order valence-corrected chi connectivity index (χ0v) is 10.9. The third kappa shape index (κ3) is 3.01. The second-order valence-corrected chi connectivity index (χ2v) is 5.11. The predicted octanol–water partition coefficient (Wildman–Crippen LogP) is 1.08. The third-order valence-electron chi connectivity index (χ3n) is 2.85. The van der Waals surface area contributed by atoms with Crippen molar-refractivity contribution in [1.82, 2.24) is 9.88 Å². The summed E-state index contributed by atoms with van der Waals surface area (Å²) in [7, 11) is 0. The molecule has 2 rings (SSSR count). The first-order chi connectivity index (χ1) is 8.68. The van der Waals surface area contributed by atoms with Gasteiger partial charge in [0, 0.05) is 24.8 Å². The minimum absolute atomic E-state index is 0.0146. The van der Waals surface area contributed by atoms with Crippen LogP contribution >= 0.6 is 11.8 Å². The molecule has 6 heteroatoms. The van der Waals surface area contributed by atoms with E-state index in [9.17, 15) is 4.79 Å². The Balaban J connectivity index is 1.97. The van der Waals surface area contributed by atoms with Crippen molar-refractivity contribution < 1.29 is 4.79 Å². The van der Waals surface area contributed by atoms with Crippen LogP contribution in [0.25, 0.3) is 0 Å². The molecule has 5 nitrogen and oxygen atoms in total. The maximum absolute atomic E-state index is 11.9. The average molecular weight is 264 g/mol. The number of aromatic nitrogens is 1. The van der Waals surface area contributed by atoms with Gasteiger partial charge in [0.05, 0.1) is 5.75 Å². The SMILES string of the molecule is N=C(N)c1cccnc1SCC(=O)N1CCCC1. The Labute approximate surface area is 110 Å². The number of carbonyl (C=O) groups is 1. The number of amides is 1. The fourth-order valence-corrected chi connectivity index (χ4v) is 2.81. The van der Waals surface area contributed by atoms with Crippen LogP contribution in [0.1, 0.15) is 18.4 Å². The summed E-state index contributed by atoms with van der Waals surface area (Å²) in [6.45, 7) is 1.72. The summed E-state index contributed by atoms with van der Waals surface area (Å²) in [5.41, 5.74) is 6.07. The number of carbonyl (C=O) groups excluding carboxylic acids is 1. The van der Waals surface area contributed by atoms with E-state index >= 15 is 0 Å². The molecular weight excluding hydrogens is 248 g/mol. The maximum Gasteiger partial charge on any atom is 0.232 e. The molecule has 0 saturated carbocycles. The van der Waals surface area contributed by atoms with Crippen LogP contribution in [0.5, 0.6) is 0 Å². The topological polar surface area (TPSA) is 83.1 Å². The summed E-state index contributed by atoms with van der Waals surface area (Å²) >= 11 is 1.35. The van der Waals surface area contributed by atoms with Gasteiger partial charge in [-0.25, -0.2) is 4.98 Å². The van der Waals surface area contributed by atoms with Crippen LogP contribution in [0.15, 0.2) is 23.4 Å². The van der Waals surface area contributed by atoms with E-state index in [2.05, 4.69) is 4.98 Å². The third-order valence-corrected chi connectivity index (χ3v) is 3.84. The van der Waals surface area contributed by atoms with Crippen molar-refractivity contribution in [2.45, 2.75) is 17.9 Å². The number of nitrogen functional groups attached to an aromatic ring is 1. The van der Waals surface area contributed by atoms with Crippen molar-refractivity contribution in [1.29, 1.82) is 5.41 Å². The van der Waals surface area contributed by atoms with Crippen molar-refractivity contribution >= 4 is 23.5 Å². The number of rotatable bonds is 4. The highest BCUT2D eigenvalue weighted by molar-refractivity contribution is 8.00. The van der Waals surface area contributed by atoms with Gasteiger partial charge in [-0.15, -0.1) is 0 Å². The number of pyridine rings is 1. The molecule has 0 atom stereocenters. The summed E-state index contributed by atoms with van der Waals surface area (Å²) in [6.07, 6.45) is 3.84. The quantitative estimate of drug-likeness (QED) is 0.484. The fourth-order valence-electron chi connectivity index (χ4n) is 1.90. The minimum atomic E-state index is -0.0146. The Morgan fingerprint density at radius 1 is 1.50 bits per heavy atom. The van der Waals surface area contributed by atoms with Crippen LogP contribution in [0.2, 0.25) is 0 Å².